The van der Waals surface area contributed by atoms with E-state index >= 15 is 0 Å². The second-order valence-corrected chi connectivity index (χ2v) is 1.75. The lowest BCUT2D eigenvalue weighted by Crippen LogP contribution is -1.84. The molecule has 1 unspecified atom stereocenters. The van der Waals surface area contributed by atoms with E-state index in [4.69, 9.17) is 5.73 Å². The Morgan fingerprint density at radius 1 is 1.86 bits per heavy atom. The van der Waals surface area contributed by atoms with Gasteiger partial charge in [0.2, 0.25) is 0 Å². The Morgan fingerprint density at radius 2 is 2.57 bits per heavy atom. The normalized spacial score (nSPS) is 9.29. The van der Waals surface area contributed by atoms with E-state index in [0.717, 1.165) is 0 Å². The Kier molecular flexibility index (Phi) is 0.988. The van der Waals surface area contributed by atoms with Gasteiger partial charge in [-0.2, -0.15) is 5.10 Å². The van der Waals surface area contributed by atoms with Crippen LogP contribution < -0.4 is 5.73 Å². The lowest BCUT2D eigenvalue weighted by Gasteiger charge is -1.79. The van der Waals surface area contributed by atoms with Crippen molar-refractivity contribution in [2.45, 2.75) is 0 Å². The third kappa shape index (κ3) is 0.904. The van der Waals surface area contributed by atoms with Gasteiger partial charge in [0.25, 0.3) is 0 Å². The third-order valence-corrected chi connectivity index (χ3v) is 0.917. The van der Waals surface area contributed by atoms with Crippen LogP contribution in [0.1, 0.15) is 0 Å². The van der Waals surface area contributed by atoms with Crippen LogP contribution in [0.25, 0.3) is 0 Å². The number of nitrogens with zero attached hydrogens (tertiary/aromatic N) is 2. The van der Waals surface area contributed by atoms with E-state index in [1.54, 1.807) is 16.7 Å². The summed E-state index contributed by atoms with van der Waals surface area (Å²) in [5.74, 6) is 0.551. The standard InChI is InChI=1S/C3H6N3P/c4-3-1-2-6(7)5-3/h1-2H,7H2,(H2,4,5). The van der Waals surface area contributed by atoms with Crippen LogP contribution in [0, 0.1) is 0 Å². The van der Waals surface area contributed by atoms with Crippen LogP contribution in [0.3, 0.4) is 0 Å². The molecule has 38 valence electrons. The Labute approximate surface area is 43.8 Å². The molecule has 4 heteroatoms. The lowest BCUT2D eigenvalue weighted by molar-refractivity contribution is 1.02. The van der Waals surface area contributed by atoms with Gasteiger partial charge in [0.1, 0.15) is 5.82 Å². The molecule has 0 aliphatic rings. The highest BCUT2D eigenvalue weighted by Crippen LogP contribution is 1.96. The molecule has 7 heavy (non-hydrogen) atoms. The second-order valence-electron chi connectivity index (χ2n) is 1.22. The van der Waals surface area contributed by atoms with Crippen molar-refractivity contribution in [2.75, 3.05) is 5.73 Å². The Morgan fingerprint density at radius 3 is 2.71 bits per heavy atom. The minimum absolute atomic E-state index is 0.551. The minimum Gasteiger partial charge on any atom is -0.382 e. The number of aromatic nitrogens is 2. The van der Waals surface area contributed by atoms with Gasteiger partial charge >= 0.3 is 0 Å². The molecule has 0 saturated carbocycles. The summed E-state index contributed by atoms with van der Waals surface area (Å²) in [5.41, 5.74) is 5.23. The molecular formula is C3H6N3P. The molecule has 0 aliphatic heterocycles. The zero-order valence-electron chi connectivity index (χ0n) is 3.70. The van der Waals surface area contributed by atoms with Crippen molar-refractivity contribution in [1.82, 2.24) is 9.55 Å². The van der Waals surface area contributed by atoms with Crippen molar-refractivity contribution < 1.29 is 0 Å². The SMILES string of the molecule is Nc1ccn(P)n1. The molecule has 0 radical (unpaired) electrons. The molecule has 2 N–H and O–H groups in total. The summed E-state index contributed by atoms with van der Waals surface area (Å²) in [6.07, 6.45) is 1.76. The molecule has 1 aromatic rings. The Balaban J connectivity index is 3.04. The maximum atomic E-state index is 5.23. The number of rotatable bonds is 0. The Hall–Kier alpha value is -0.560. The van der Waals surface area contributed by atoms with Gasteiger partial charge in [-0.25, -0.2) is 0 Å². The van der Waals surface area contributed by atoms with Crippen LogP contribution in [0.2, 0.25) is 0 Å². The van der Waals surface area contributed by atoms with Crippen molar-refractivity contribution >= 4 is 15.2 Å². The number of hydrogen-bond donors (Lipinski definition) is 1. The smallest absolute Gasteiger partial charge is 0.145 e. The van der Waals surface area contributed by atoms with Crippen LogP contribution in [-0.2, 0) is 0 Å². The van der Waals surface area contributed by atoms with Crippen molar-refractivity contribution in [3.8, 4) is 0 Å². The van der Waals surface area contributed by atoms with E-state index < -0.39 is 0 Å². The maximum absolute atomic E-state index is 5.23. The second kappa shape index (κ2) is 1.51. The van der Waals surface area contributed by atoms with Gasteiger partial charge in [0, 0.05) is 12.3 Å². The maximum Gasteiger partial charge on any atom is 0.145 e. The van der Waals surface area contributed by atoms with E-state index in [-0.39, 0.29) is 0 Å². The van der Waals surface area contributed by atoms with Gasteiger partial charge in [-0.3, -0.25) is 4.45 Å². The molecule has 0 saturated heterocycles. The van der Waals surface area contributed by atoms with Crippen molar-refractivity contribution in [3.63, 3.8) is 0 Å². The molecule has 1 aromatic heterocycles. The van der Waals surface area contributed by atoms with Gasteiger partial charge in [0.15, 0.2) is 0 Å². The molecule has 3 nitrogen and oxygen atoms in total. The first-order valence-electron chi connectivity index (χ1n) is 1.85. The molecule has 0 bridgehead atoms. The lowest BCUT2D eigenvalue weighted by atomic mass is 10.7. The van der Waals surface area contributed by atoms with Crippen molar-refractivity contribution in [2.24, 2.45) is 0 Å². The number of hydrogen-bond acceptors (Lipinski definition) is 2. The van der Waals surface area contributed by atoms with Crippen molar-refractivity contribution in [3.05, 3.63) is 12.3 Å². The van der Waals surface area contributed by atoms with Gasteiger partial charge in [-0.15, -0.1) is 0 Å². The molecule has 0 spiro atoms. The molecule has 1 heterocycles. The first-order valence-corrected chi connectivity index (χ1v) is 2.37. The van der Waals surface area contributed by atoms with E-state index in [0.29, 0.717) is 5.82 Å². The van der Waals surface area contributed by atoms with Crippen LogP contribution in [-0.4, -0.2) is 9.55 Å². The summed E-state index contributed by atoms with van der Waals surface area (Å²) in [4.78, 5) is 0. The summed E-state index contributed by atoms with van der Waals surface area (Å²) >= 11 is 0. The summed E-state index contributed by atoms with van der Waals surface area (Å²) in [7, 11) is 2.38. The van der Waals surface area contributed by atoms with Gasteiger partial charge < -0.3 is 5.73 Å². The average Bonchev–Trinajstić information content (AvgIpc) is 1.87. The third-order valence-electron chi connectivity index (χ3n) is 0.629. The van der Waals surface area contributed by atoms with E-state index in [2.05, 4.69) is 14.5 Å². The highest BCUT2D eigenvalue weighted by molar-refractivity contribution is 7.14. The van der Waals surface area contributed by atoms with Crippen LogP contribution in [0.4, 0.5) is 5.82 Å². The molecule has 0 aliphatic carbocycles. The first kappa shape index (κ1) is 4.60. The van der Waals surface area contributed by atoms with Gasteiger partial charge in [-0.1, -0.05) is 0 Å². The van der Waals surface area contributed by atoms with E-state index in [9.17, 15) is 0 Å². The predicted octanol–water partition coefficient (Wildman–Crippen LogP) is 0.104. The topological polar surface area (TPSA) is 43.8 Å². The average molecular weight is 115 g/mol. The predicted molar refractivity (Wildman–Crippen MR) is 31.7 cm³/mol. The summed E-state index contributed by atoms with van der Waals surface area (Å²) < 4.78 is 1.58. The van der Waals surface area contributed by atoms with Crippen LogP contribution in [0.5, 0.6) is 0 Å². The minimum atomic E-state index is 0.551. The quantitative estimate of drug-likeness (QED) is 0.487. The summed E-state index contributed by atoms with van der Waals surface area (Å²) in [6, 6.07) is 1.73. The molecule has 0 fully saturated rings. The van der Waals surface area contributed by atoms with E-state index in [1.165, 1.54) is 0 Å². The molecule has 0 aromatic carbocycles. The molecule has 1 atom stereocenters. The number of anilines is 1. The zero-order valence-corrected chi connectivity index (χ0v) is 4.86. The Bertz CT molecular complexity index is 142. The molecule has 1 rings (SSSR count). The molecular weight excluding hydrogens is 109 g/mol. The van der Waals surface area contributed by atoms with Gasteiger partial charge in [0.05, 0.1) is 0 Å². The molecule has 0 amide bonds. The van der Waals surface area contributed by atoms with Gasteiger partial charge in [-0.05, 0) is 9.39 Å². The largest absolute Gasteiger partial charge is 0.382 e. The fourth-order valence-electron chi connectivity index (χ4n) is 0.353. The summed E-state index contributed by atoms with van der Waals surface area (Å²) in [5, 5.41) is 3.77. The fourth-order valence-corrected chi connectivity index (χ4v) is 0.572. The number of nitrogen functional groups attached to an aromatic ring is 1. The van der Waals surface area contributed by atoms with E-state index in [1.807, 2.05) is 0 Å². The monoisotopic (exact) mass is 115 g/mol. The number of nitrogens with two attached hydrogens (primary N) is 1. The highest BCUT2D eigenvalue weighted by Gasteiger charge is 1.82. The van der Waals surface area contributed by atoms with Crippen LogP contribution >= 0.6 is 9.39 Å². The fraction of sp³-hybridized carbons (Fsp3) is 0. The van der Waals surface area contributed by atoms with Crippen molar-refractivity contribution in [1.29, 1.82) is 0 Å². The van der Waals surface area contributed by atoms with Crippen LogP contribution in [0.15, 0.2) is 12.3 Å². The first-order chi connectivity index (χ1) is 3.29. The highest BCUT2D eigenvalue weighted by atomic mass is 31.0. The zero-order chi connectivity index (χ0) is 5.28. The summed E-state index contributed by atoms with van der Waals surface area (Å²) in [6.45, 7) is 0.